The number of ether oxygens (including phenoxy) is 1. The van der Waals surface area contributed by atoms with Gasteiger partial charge in [-0.15, -0.1) is 0 Å². The van der Waals surface area contributed by atoms with Gasteiger partial charge in [-0.05, 0) is 24.6 Å². The van der Waals surface area contributed by atoms with E-state index in [1.807, 2.05) is 49.4 Å². The Hall–Kier alpha value is -2.44. The van der Waals surface area contributed by atoms with Gasteiger partial charge < -0.3 is 10.1 Å². The van der Waals surface area contributed by atoms with Gasteiger partial charge in [-0.2, -0.15) is 0 Å². The van der Waals surface area contributed by atoms with E-state index in [9.17, 15) is 4.79 Å². The fraction of sp³-hybridized carbons (Fsp3) is 0.333. The molecule has 126 valence electrons. The van der Waals surface area contributed by atoms with Crippen LogP contribution in [-0.2, 0) is 4.79 Å². The lowest BCUT2D eigenvalue weighted by molar-refractivity contribution is -0.125. The second-order valence-corrected chi connectivity index (χ2v) is 5.88. The molecule has 0 bridgehead atoms. The Morgan fingerprint density at radius 2 is 2.17 bits per heavy atom. The Labute approximate surface area is 141 Å². The van der Waals surface area contributed by atoms with Gasteiger partial charge in [0.05, 0.1) is 24.7 Å². The summed E-state index contributed by atoms with van der Waals surface area (Å²) in [6, 6.07) is 13.6. The highest BCUT2D eigenvalue weighted by Gasteiger charge is 2.33. The van der Waals surface area contributed by atoms with E-state index in [1.54, 1.807) is 12.4 Å². The lowest BCUT2D eigenvalue weighted by Crippen LogP contribution is -2.39. The van der Waals surface area contributed by atoms with Crippen LogP contribution in [0.5, 0.6) is 5.75 Å². The van der Waals surface area contributed by atoms with Crippen molar-refractivity contribution in [2.45, 2.75) is 19.1 Å². The van der Waals surface area contributed by atoms with Crippen LogP contribution in [0, 0.1) is 5.92 Å². The summed E-state index contributed by atoms with van der Waals surface area (Å²) < 4.78 is 5.73. The van der Waals surface area contributed by atoms with Gasteiger partial charge in [0.1, 0.15) is 11.9 Å². The maximum atomic E-state index is 12.5. The number of hydrogen-bond acceptors (Lipinski definition) is 5. The molecule has 2 aromatic rings. The van der Waals surface area contributed by atoms with Crippen LogP contribution in [0.3, 0.4) is 0 Å². The summed E-state index contributed by atoms with van der Waals surface area (Å²) in [6.45, 7) is 2.97. The first-order valence-corrected chi connectivity index (χ1v) is 8.12. The van der Waals surface area contributed by atoms with Crippen molar-refractivity contribution in [1.29, 1.82) is 0 Å². The van der Waals surface area contributed by atoms with E-state index in [4.69, 9.17) is 4.74 Å². The van der Waals surface area contributed by atoms with E-state index < -0.39 is 0 Å². The van der Waals surface area contributed by atoms with Crippen molar-refractivity contribution >= 4 is 5.91 Å². The number of carbonyl (C=O) groups excluding carboxylic acids is 1. The fourth-order valence-corrected chi connectivity index (χ4v) is 2.78. The molecule has 2 heterocycles. The summed E-state index contributed by atoms with van der Waals surface area (Å²) in [5.41, 5.74) is 7.36. The molecule has 1 amide bonds. The smallest absolute Gasteiger partial charge is 0.226 e. The third-order valence-electron chi connectivity index (χ3n) is 4.01. The lowest BCUT2D eigenvalue weighted by atomic mass is 9.94. The summed E-state index contributed by atoms with van der Waals surface area (Å²) in [5.74, 6) is 0.562. The van der Waals surface area contributed by atoms with Crippen molar-refractivity contribution in [3.63, 3.8) is 0 Å². The van der Waals surface area contributed by atoms with Crippen molar-refractivity contribution in [1.82, 2.24) is 21.2 Å². The number of hydrazine groups is 1. The van der Waals surface area contributed by atoms with Crippen molar-refractivity contribution < 1.29 is 9.53 Å². The van der Waals surface area contributed by atoms with Crippen molar-refractivity contribution in [3.8, 4) is 5.75 Å². The summed E-state index contributed by atoms with van der Waals surface area (Å²) in [5, 5.41) is 2.98. The first-order chi connectivity index (χ1) is 11.7. The lowest BCUT2D eigenvalue weighted by Gasteiger charge is -2.20. The predicted octanol–water partition coefficient (Wildman–Crippen LogP) is 1.43. The summed E-state index contributed by atoms with van der Waals surface area (Å²) >= 11 is 0. The average Bonchev–Trinajstić information content (AvgIpc) is 3.11. The van der Waals surface area contributed by atoms with Gasteiger partial charge in [-0.1, -0.05) is 30.3 Å². The van der Waals surface area contributed by atoms with Crippen LogP contribution >= 0.6 is 0 Å². The molecule has 0 radical (unpaired) electrons. The van der Waals surface area contributed by atoms with Crippen LogP contribution < -0.4 is 20.9 Å². The number of nitrogens with zero attached hydrogens (tertiary/aromatic N) is 1. The fourth-order valence-electron chi connectivity index (χ4n) is 2.78. The zero-order valence-corrected chi connectivity index (χ0v) is 13.6. The van der Waals surface area contributed by atoms with E-state index in [0.717, 1.165) is 5.56 Å². The third-order valence-corrected chi connectivity index (χ3v) is 4.01. The van der Waals surface area contributed by atoms with Crippen LogP contribution in [0.2, 0.25) is 0 Å². The SMILES string of the molecule is CC(CNC(=O)C1CNNC1c1ccccc1)Oc1cccnc1. The molecule has 0 spiro atoms. The number of amides is 1. The minimum Gasteiger partial charge on any atom is -0.487 e. The average molecular weight is 326 g/mol. The van der Waals surface area contributed by atoms with E-state index in [2.05, 4.69) is 21.2 Å². The third kappa shape index (κ3) is 4.10. The molecule has 3 rings (SSSR count). The van der Waals surface area contributed by atoms with Crippen LogP contribution in [0.4, 0.5) is 0 Å². The zero-order chi connectivity index (χ0) is 16.8. The summed E-state index contributed by atoms with van der Waals surface area (Å²) in [4.78, 5) is 16.5. The van der Waals surface area contributed by atoms with Crippen LogP contribution in [0.15, 0.2) is 54.9 Å². The Morgan fingerprint density at radius 1 is 1.33 bits per heavy atom. The molecular weight excluding hydrogens is 304 g/mol. The topological polar surface area (TPSA) is 75.3 Å². The molecule has 1 aliphatic rings. The number of aromatic nitrogens is 1. The quantitative estimate of drug-likeness (QED) is 0.749. The number of pyridine rings is 1. The standard InChI is InChI=1S/C18H22N4O2/c1-13(24-15-8-5-9-19-11-15)10-20-18(23)16-12-21-22-17(16)14-6-3-2-4-7-14/h2-9,11,13,16-17,21-22H,10,12H2,1H3,(H,20,23). The van der Waals surface area contributed by atoms with Gasteiger partial charge in [0, 0.05) is 12.7 Å². The Bertz CT molecular complexity index is 651. The van der Waals surface area contributed by atoms with Crippen molar-refractivity contribution in [2.75, 3.05) is 13.1 Å². The van der Waals surface area contributed by atoms with E-state index in [-0.39, 0.29) is 24.0 Å². The molecule has 3 N–H and O–H groups in total. The molecule has 1 aromatic carbocycles. The van der Waals surface area contributed by atoms with E-state index in [1.165, 1.54) is 0 Å². The van der Waals surface area contributed by atoms with E-state index >= 15 is 0 Å². The minimum atomic E-state index is -0.155. The van der Waals surface area contributed by atoms with Gasteiger partial charge in [-0.3, -0.25) is 15.2 Å². The van der Waals surface area contributed by atoms with Gasteiger partial charge in [0.15, 0.2) is 0 Å². The maximum Gasteiger partial charge on any atom is 0.226 e. The molecule has 0 saturated carbocycles. The molecule has 6 heteroatoms. The number of hydrogen-bond donors (Lipinski definition) is 3. The predicted molar refractivity (Wildman–Crippen MR) is 91.1 cm³/mol. The number of nitrogens with one attached hydrogen (secondary N) is 3. The van der Waals surface area contributed by atoms with Crippen LogP contribution in [0.1, 0.15) is 18.5 Å². The number of carbonyl (C=O) groups is 1. The van der Waals surface area contributed by atoms with Gasteiger partial charge in [0.25, 0.3) is 0 Å². The van der Waals surface area contributed by atoms with Crippen LogP contribution in [0.25, 0.3) is 0 Å². The Morgan fingerprint density at radius 3 is 2.92 bits per heavy atom. The first-order valence-electron chi connectivity index (χ1n) is 8.12. The Balaban J connectivity index is 1.53. The monoisotopic (exact) mass is 326 g/mol. The van der Waals surface area contributed by atoms with E-state index in [0.29, 0.717) is 18.8 Å². The van der Waals surface area contributed by atoms with Gasteiger partial charge >= 0.3 is 0 Å². The molecule has 1 saturated heterocycles. The largest absolute Gasteiger partial charge is 0.487 e. The highest BCUT2D eigenvalue weighted by atomic mass is 16.5. The minimum absolute atomic E-state index is 0.0167. The number of rotatable bonds is 6. The highest BCUT2D eigenvalue weighted by molar-refractivity contribution is 5.80. The molecule has 6 nitrogen and oxygen atoms in total. The molecular formula is C18H22N4O2. The summed E-state index contributed by atoms with van der Waals surface area (Å²) in [7, 11) is 0. The zero-order valence-electron chi connectivity index (χ0n) is 13.6. The number of benzene rings is 1. The molecule has 1 aliphatic heterocycles. The first kappa shape index (κ1) is 16.4. The molecule has 24 heavy (non-hydrogen) atoms. The second kappa shape index (κ2) is 7.90. The van der Waals surface area contributed by atoms with Crippen LogP contribution in [-0.4, -0.2) is 30.1 Å². The van der Waals surface area contributed by atoms with Gasteiger partial charge in [0.2, 0.25) is 5.91 Å². The van der Waals surface area contributed by atoms with Gasteiger partial charge in [-0.25, -0.2) is 5.43 Å². The van der Waals surface area contributed by atoms with Crippen molar-refractivity contribution in [2.24, 2.45) is 5.92 Å². The molecule has 3 atom stereocenters. The maximum absolute atomic E-state index is 12.5. The summed E-state index contributed by atoms with van der Waals surface area (Å²) in [6.07, 6.45) is 3.23. The second-order valence-electron chi connectivity index (χ2n) is 5.88. The highest BCUT2D eigenvalue weighted by Crippen LogP contribution is 2.24. The normalized spacial score (nSPS) is 21.2. The molecule has 1 fully saturated rings. The molecule has 3 unspecified atom stereocenters. The van der Waals surface area contributed by atoms with Crippen molar-refractivity contribution in [3.05, 3.63) is 60.4 Å². The molecule has 0 aliphatic carbocycles. The Kier molecular flexibility index (Phi) is 5.40. The molecule has 1 aromatic heterocycles.